The fourth-order valence-electron chi connectivity index (χ4n) is 1.80. The van der Waals surface area contributed by atoms with Crippen LogP contribution in [0.5, 0.6) is 0 Å². The third-order valence-electron chi connectivity index (χ3n) is 2.95. The molecule has 0 atom stereocenters. The van der Waals surface area contributed by atoms with Crippen LogP contribution in [0, 0.1) is 0 Å². The highest BCUT2D eigenvalue weighted by atomic mass is 16.2. The largest absolute Gasteiger partial charge is 0.328 e. The second-order valence-electron chi connectivity index (χ2n) is 4.42. The first-order valence-electron chi connectivity index (χ1n) is 6.72. The van der Waals surface area contributed by atoms with Gasteiger partial charge in [0.2, 0.25) is 0 Å². The lowest BCUT2D eigenvalue weighted by molar-refractivity contribution is 0.552. The Morgan fingerprint density at radius 3 is 2.67 bits per heavy atom. The highest BCUT2D eigenvalue weighted by molar-refractivity contribution is 5.03. The first-order valence-corrected chi connectivity index (χ1v) is 6.72. The van der Waals surface area contributed by atoms with Gasteiger partial charge < -0.3 is 5.32 Å². The number of aromatic nitrogens is 2. The smallest absolute Gasteiger partial charge is 0.315 e. The Kier molecular flexibility index (Phi) is 6.43. The fourth-order valence-corrected chi connectivity index (χ4v) is 1.80. The van der Waals surface area contributed by atoms with Crippen LogP contribution in [0.25, 0.3) is 0 Å². The van der Waals surface area contributed by atoms with E-state index < -0.39 is 0 Å². The molecular formula is C13H23N3O2. The van der Waals surface area contributed by atoms with E-state index in [-0.39, 0.29) is 11.2 Å². The van der Waals surface area contributed by atoms with E-state index in [1.165, 1.54) is 12.8 Å². The molecule has 0 radical (unpaired) electrons. The van der Waals surface area contributed by atoms with Crippen molar-refractivity contribution in [1.29, 1.82) is 0 Å². The maximum Gasteiger partial charge on any atom is 0.328 e. The molecule has 102 valence electrons. The molecule has 1 rings (SSSR count). The van der Waals surface area contributed by atoms with Gasteiger partial charge in [-0.3, -0.25) is 14.3 Å². The van der Waals surface area contributed by atoms with Gasteiger partial charge in [-0.05, 0) is 19.4 Å². The first kappa shape index (κ1) is 14.7. The van der Waals surface area contributed by atoms with Crippen LogP contribution in [-0.4, -0.2) is 22.6 Å². The third kappa shape index (κ3) is 4.49. The van der Waals surface area contributed by atoms with E-state index >= 15 is 0 Å². The van der Waals surface area contributed by atoms with Crippen molar-refractivity contribution < 1.29 is 0 Å². The van der Waals surface area contributed by atoms with Crippen LogP contribution < -0.4 is 16.6 Å². The second kappa shape index (κ2) is 7.87. The number of aryl methyl sites for hydroxylation is 1. The lowest BCUT2D eigenvalue weighted by atomic mass is 10.2. The number of aromatic amines is 1. The number of hydrogen-bond donors (Lipinski definition) is 2. The molecule has 0 fully saturated rings. The molecular weight excluding hydrogens is 230 g/mol. The topological polar surface area (TPSA) is 66.9 Å². The lowest BCUT2D eigenvalue weighted by Gasteiger charge is -2.08. The van der Waals surface area contributed by atoms with Crippen LogP contribution in [0.3, 0.4) is 0 Å². The van der Waals surface area contributed by atoms with Crippen LogP contribution in [0.2, 0.25) is 0 Å². The predicted octanol–water partition coefficient (Wildman–Crippen LogP) is 0.879. The summed E-state index contributed by atoms with van der Waals surface area (Å²) in [5.74, 6) is 0. The van der Waals surface area contributed by atoms with Crippen molar-refractivity contribution >= 4 is 0 Å². The van der Waals surface area contributed by atoms with E-state index in [1.807, 2.05) is 6.92 Å². The molecule has 0 aliphatic carbocycles. The zero-order valence-corrected chi connectivity index (χ0v) is 11.3. The van der Waals surface area contributed by atoms with Crippen molar-refractivity contribution in [1.82, 2.24) is 14.9 Å². The Labute approximate surface area is 107 Å². The van der Waals surface area contributed by atoms with Gasteiger partial charge in [-0.15, -0.1) is 0 Å². The van der Waals surface area contributed by atoms with E-state index in [4.69, 9.17) is 0 Å². The van der Waals surface area contributed by atoms with Gasteiger partial charge >= 0.3 is 5.69 Å². The van der Waals surface area contributed by atoms with Gasteiger partial charge in [0.15, 0.2) is 0 Å². The van der Waals surface area contributed by atoms with Gasteiger partial charge in [0.25, 0.3) is 5.56 Å². The summed E-state index contributed by atoms with van der Waals surface area (Å²) in [7, 11) is 0. The Bertz CT molecular complexity index is 462. The zero-order chi connectivity index (χ0) is 13.4. The van der Waals surface area contributed by atoms with Crippen molar-refractivity contribution in [3.8, 4) is 0 Å². The molecule has 0 spiro atoms. The molecule has 0 bridgehead atoms. The lowest BCUT2D eigenvalue weighted by Crippen LogP contribution is -2.34. The summed E-state index contributed by atoms with van der Waals surface area (Å²) in [6.07, 6.45) is 5.90. The summed E-state index contributed by atoms with van der Waals surface area (Å²) < 4.78 is 1.56. The highest BCUT2D eigenvalue weighted by Gasteiger charge is 2.02. The Morgan fingerprint density at radius 1 is 1.22 bits per heavy atom. The van der Waals surface area contributed by atoms with Crippen LogP contribution >= 0.6 is 0 Å². The standard InChI is InChI=1S/C13H23N3O2/c1-3-5-6-7-14-8-9-16-10-11(4-2)12(17)15-13(16)18/h10,14H,3-9H2,1-2H3,(H,15,17,18). The molecule has 0 amide bonds. The first-order chi connectivity index (χ1) is 8.69. The Hall–Kier alpha value is -1.36. The summed E-state index contributed by atoms with van der Waals surface area (Å²) in [5, 5.41) is 3.30. The maximum absolute atomic E-state index is 11.6. The zero-order valence-electron chi connectivity index (χ0n) is 11.3. The minimum atomic E-state index is -0.326. The molecule has 1 heterocycles. The second-order valence-corrected chi connectivity index (χ2v) is 4.42. The SMILES string of the molecule is CCCCCNCCn1cc(CC)c(=O)[nH]c1=O. The van der Waals surface area contributed by atoms with Crippen LogP contribution in [0.1, 0.15) is 38.7 Å². The molecule has 0 aromatic carbocycles. The molecule has 0 unspecified atom stereocenters. The molecule has 2 N–H and O–H groups in total. The third-order valence-corrected chi connectivity index (χ3v) is 2.95. The Morgan fingerprint density at radius 2 is 2.00 bits per heavy atom. The molecule has 0 saturated heterocycles. The molecule has 1 aromatic heterocycles. The van der Waals surface area contributed by atoms with Gasteiger partial charge in [0.05, 0.1) is 0 Å². The average molecular weight is 253 g/mol. The van der Waals surface area contributed by atoms with E-state index in [2.05, 4.69) is 17.2 Å². The van der Waals surface area contributed by atoms with Crippen molar-refractivity contribution in [3.05, 3.63) is 32.6 Å². The van der Waals surface area contributed by atoms with E-state index in [1.54, 1.807) is 10.8 Å². The predicted molar refractivity (Wildman–Crippen MR) is 73.1 cm³/mol. The maximum atomic E-state index is 11.6. The highest BCUT2D eigenvalue weighted by Crippen LogP contribution is 1.91. The van der Waals surface area contributed by atoms with Gasteiger partial charge in [0, 0.05) is 24.8 Å². The summed E-state index contributed by atoms with van der Waals surface area (Å²) in [5.41, 5.74) is 0.0581. The molecule has 5 heteroatoms. The van der Waals surface area contributed by atoms with E-state index in [0.29, 0.717) is 18.5 Å². The summed E-state index contributed by atoms with van der Waals surface area (Å²) in [6, 6.07) is 0. The molecule has 5 nitrogen and oxygen atoms in total. The normalized spacial score (nSPS) is 10.8. The molecule has 0 saturated carbocycles. The molecule has 0 aliphatic rings. The van der Waals surface area contributed by atoms with E-state index in [0.717, 1.165) is 19.5 Å². The quantitative estimate of drug-likeness (QED) is 0.676. The molecule has 1 aromatic rings. The van der Waals surface area contributed by atoms with Crippen molar-refractivity contribution in [2.75, 3.05) is 13.1 Å². The average Bonchev–Trinajstić information content (AvgIpc) is 2.36. The summed E-state index contributed by atoms with van der Waals surface area (Å²) in [4.78, 5) is 25.3. The number of nitrogens with zero attached hydrogens (tertiary/aromatic N) is 1. The fraction of sp³-hybridized carbons (Fsp3) is 0.692. The monoisotopic (exact) mass is 253 g/mol. The summed E-state index contributed by atoms with van der Waals surface area (Å²) in [6.45, 7) is 6.40. The van der Waals surface area contributed by atoms with Crippen LogP contribution in [0.15, 0.2) is 15.8 Å². The van der Waals surface area contributed by atoms with Gasteiger partial charge in [-0.1, -0.05) is 26.7 Å². The number of unbranched alkanes of at least 4 members (excludes halogenated alkanes) is 2. The van der Waals surface area contributed by atoms with Gasteiger partial charge in [0.1, 0.15) is 0 Å². The number of hydrogen-bond acceptors (Lipinski definition) is 3. The van der Waals surface area contributed by atoms with Gasteiger partial charge in [-0.2, -0.15) is 0 Å². The number of nitrogens with one attached hydrogen (secondary N) is 2. The van der Waals surface area contributed by atoms with Crippen LogP contribution in [0.4, 0.5) is 0 Å². The van der Waals surface area contributed by atoms with Crippen molar-refractivity contribution in [3.63, 3.8) is 0 Å². The van der Waals surface area contributed by atoms with Crippen molar-refractivity contribution in [2.45, 2.75) is 46.1 Å². The summed E-state index contributed by atoms with van der Waals surface area (Å²) >= 11 is 0. The minimum absolute atomic E-state index is 0.269. The van der Waals surface area contributed by atoms with Gasteiger partial charge in [-0.25, -0.2) is 4.79 Å². The molecule has 18 heavy (non-hydrogen) atoms. The number of H-pyrrole nitrogens is 1. The molecule has 0 aliphatic heterocycles. The minimum Gasteiger partial charge on any atom is -0.315 e. The van der Waals surface area contributed by atoms with E-state index in [9.17, 15) is 9.59 Å². The Balaban J connectivity index is 2.47. The van der Waals surface area contributed by atoms with Crippen LogP contribution in [-0.2, 0) is 13.0 Å². The number of rotatable bonds is 8. The van der Waals surface area contributed by atoms with Crippen molar-refractivity contribution in [2.24, 2.45) is 0 Å².